The van der Waals surface area contributed by atoms with Gasteiger partial charge in [-0.25, -0.2) is 28.5 Å². The number of fused-ring (bicyclic) bond motifs is 2. The van der Waals surface area contributed by atoms with Crippen molar-refractivity contribution in [1.82, 2.24) is 43.8 Å². The number of amides is 1. The van der Waals surface area contributed by atoms with Gasteiger partial charge in [-0.2, -0.15) is 18.1 Å². The Morgan fingerprint density at radius 2 is 1.51 bits per heavy atom. The van der Waals surface area contributed by atoms with Crippen LogP contribution < -0.4 is 25.1 Å². The molecule has 1 amide bonds. The maximum absolute atomic E-state index is 16.9. The second kappa shape index (κ2) is 21.2. The summed E-state index contributed by atoms with van der Waals surface area (Å²) in [6.45, 7) is 12.8. The van der Waals surface area contributed by atoms with Gasteiger partial charge in [0.15, 0.2) is 43.8 Å². The number of hydrogen-bond acceptors (Lipinski definition) is 16. The van der Waals surface area contributed by atoms with Gasteiger partial charge < -0.3 is 28.1 Å². The summed E-state index contributed by atoms with van der Waals surface area (Å²) in [4.78, 5) is 50.2. The van der Waals surface area contributed by atoms with E-state index in [1.807, 2.05) is 113 Å². The Bertz CT molecular complexity index is 3250. The Balaban J connectivity index is 1.05. The van der Waals surface area contributed by atoms with E-state index in [4.69, 9.17) is 32.3 Å². The third-order valence-electron chi connectivity index (χ3n) is 14.0. The molecule has 0 aliphatic carbocycles. The summed E-state index contributed by atoms with van der Waals surface area (Å²) in [5, 5.41) is 2.27. The topological polar surface area (TPSA) is 247 Å². The van der Waals surface area contributed by atoms with Crippen LogP contribution >= 0.6 is 0 Å². The van der Waals surface area contributed by atoms with Crippen LogP contribution in [0.2, 0.25) is 18.1 Å². The fraction of sp³-hybridized carbons (Fsp3) is 0.431. The molecule has 0 bridgehead atoms. The number of methoxy groups -OCH3 is 2. The maximum atomic E-state index is 16.9. The highest BCUT2D eigenvalue weighted by Crippen LogP contribution is 2.45. The molecule has 3 aromatic carbocycles. The van der Waals surface area contributed by atoms with E-state index in [0.717, 1.165) is 16.7 Å². The number of benzene rings is 3. The fourth-order valence-corrected chi connectivity index (χ4v) is 11.2. The van der Waals surface area contributed by atoms with Gasteiger partial charge in [0.25, 0.3) is 5.56 Å². The molecule has 398 valence electrons. The molecule has 0 spiro atoms. The van der Waals surface area contributed by atoms with Gasteiger partial charge in [0.05, 0.1) is 45.8 Å². The van der Waals surface area contributed by atoms with Crippen LogP contribution in [0.25, 0.3) is 22.3 Å². The second-order valence-corrected chi connectivity index (χ2v) is 26.4. The van der Waals surface area contributed by atoms with Gasteiger partial charge in [-0.05, 0) is 59.1 Å². The van der Waals surface area contributed by atoms with Crippen LogP contribution in [0.3, 0.4) is 0 Å². The van der Waals surface area contributed by atoms with Gasteiger partial charge in [0.1, 0.15) is 47.3 Å². The molecule has 4 aromatic heterocycles. The lowest BCUT2D eigenvalue weighted by atomic mass is 9.80. The first-order chi connectivity index (χ1) is 35.7. The fourth-order valence-electron chi connectivity index (χ4n) is 8.97. The third kappa shape index (κ3) is 10.8. The number of carbonyl (C=O) groups is 1. The molecule has 0 radical (unpaired) electrons. The minimum atomic E-state index is -4.76. The number of nitrogens with one attached hydrogen (secondary N) is 3. The molecule has 3 N–H and O–H groups in total. The van der Waals surface area contributed by atoms with Crippen LogP contribution in [0.4, 0.5) is 10.3 Å². The third-order valence-corrected chi connectivity index (χ3v) is 19.5. The number of hydrogen-bond donors (Lipinski definition) is 3. The molecule has 6 heterocycles. The van der Waals surface area contributed by atoms with Crippen molar-refractivity contribution in [3.05, 3.63) is 131 Å². The van der Waals surface area contributed by atoms with E-state index < -0.39 is 91.2 Å². The molecule has 75 heavy (non-hydrogen) atoms. The number of H-pyrrole nitrogens is 1. The van der Waals surface area contributed by atoms with E-state index in [0.29, 0.717) is 22.7 Å². The van der Waals surface area contributed by atoms with Gasteiger partial charge >= 0.3 is 10.3 Å². The monoisotopic (exact) mass is 1070 g/mol. The molecule has 2 aliphatic rings. The first-order valence-corrected chi connectivity index (χ1v) is 28.7. The quantitative estimate of drug-likeness (QED) is 0.0562. The number of aromatic nitrogens is 8. The number of alkyl halides is 1. The lowest BCUT2D eigenvalue weighted by Gasteiger charge is -2.39. The lowest BCUT2D eigenvalue weighted by Crippen LogP contribution is -2.50. The lowest BCUT2D eigenvalue weighted by molar-refractivity contribution is -0.118. The van der Waals surface area contributed by atoms with E-state index in [9.17, 15) is 18.0 Å². The van der Waals surface area contributed by atoms with Crippen LogP contribution in [-0.2, 0) is 43.5 Å². The Hall–Kier alpha value is -6.51. The van der Waals surface area contributed by atoms with Gasteiger partial charge in [0.2, 0.25) is 11.9 Å². The summed E-state index contributed by atoms with van der Waals surface area (Å²) in [5.41, 5.74) is 0.911. The number of aromatic amines is 1. The zero-order valence-corrected chi connectivity index (χ0v) is 44.8. The average molecular weight is 1070 g/mol. The van der Waals surface area contributed by atoms with Crippen molar-refractivity contribution < 1.29 is 49.9 Å². The van der Waals surface area contributed by atoms with E-state index in [1.54, 1.807) is 28.1 Å². The number of ether oxygens (including phenoxy) is 5. The number of halogens is 1. The molecule has 7 atom stereocenters. The van der Waals surface area contributed by atoms with Crippen molar-refractivity contribution >= 4 is 52.8 Å². The van der Waals surface area contributed by atoms with Crippen molar-refractivity contribution in [1.29, 1.82) is 0 Å². The Morgan fingerprint density at radius 3 is 2.13 bits per heavy atom. The largest absolute Gasteiger partial charge is 0.497 e. The zero-order chi connectivity index (χ0) is 53.5. The predicted molar refractivity (Wildman–Crippen MR) is 276 cm³/mol. The summed E-state index contributed by atoms with van der Waals surface area (Å²) in [6, 6.07) is 24.6. The molecule has 24 heteroatoms. The summed E-state index contributed by atoms with van der Waals surface area (Å²) in [6.07, 6.45) is -3.49. The highest BCUT2D eigenvalue weighted by Gasteiger charge is 2.52. The number of imidazole rings is 2. The van der Waals surface area contributed by atoms with Crippen molar-refractivity contribution in [3.8, 4) is 11.5 Å². The standard InChI is InChI=1S/C51H61FN10O11SSi/c1-30(2)45(63)59-49-58-44-41(46(64)60-49)56-29-62(44)47-38(23-36(70-47)26-69-51(31-13-11-10-12-14-31,32-15-19-34(67-6)20-16-32)33-17-21-35(68-7)22-18-33)72-74(65,66)57-25-39-42(73-75(8,9)50(3,4)5)40(52)48(71-39)61-28-55-37-24-53-27-54-43(37)61/h10-22,24,27-30,36,38-40,42,47-48,57H,23,25-26H2,1-9H3,(H2,58,59,60,63,64)/t36-,38+,39+,40+,42+,47+,48?/m0/s1. The van der Waals surface area contributed by atoms with Crippen LogP contribution in [0.1, 0.15) is 70.2 Å². The summed E-state index contributed by atoms with van der Waals surface area (Å²) in [7, 11) is -4.29. The SMILES string of the molecule is COc1ccc(C(OC[C@@H]2C[C@@H](OS(=O)(=O)NC[C@H]3OC(n4cnc5cncnc54)[C@H](F)[C@@H]3O[Si](C)(C)C(C)(C)C)[C@H](n3cnc4c(=O)[nH]c(NC(=O)C(C)C)nc43)O2)(c2ccccc2)c2ccc(OC)cc2)cc1. The predicted octanol–water partition coefficient (Wildman–Crippen LogP) is 6.71. The van der Waals surface area contributed by atoms with Gasteiger partial charge in [-0.3, -0.25) is 29.0 Å². The maximum Gasteiger partial charge on any atom is 0.336 e. The van der Waals surface area contributed by atoms with Crippen LogP contribution in [0.15, 0.2) is 109 Å². The summed E-state index contributed by atoms with van der Waals surface area (Å²) in [5.74, 6) is 0.241. The van der Waals surface area contributed by atoms with Crippen molar-refractivity contribution in [3.63, 3.8) is 0 Å². The molecule has 2 aliphatic heterocycles. The van der Waals surface area contributed by atoms with Crippen LogP contribution in [0.5, 0.6) is 11.5 Å². The van der Waals surface area contributed by atoms with E-state index in [1.165, 1.54) is 34.3 Å². The molecule has 2 saturated heterocycles. The number of anilines is 1. The average Bonchev–Trinajstić information content (AvgIpc) is 4.18. The number of carbonyl (C=O) groups excluding carboxylic acids is 1. The van der Waals surface area contributed by atoms with Crippen molar-refractivity contribution in [2.75, 3.05) is 32.7 Å². The summed E-state index contributed by atoms with van der Waals surface area (Å²) >= 11 is 0. The van der Waals surface area contributed by atoms with Gasteiger partial charge in [0, 0.05) is 18.9 Å². The molecule has 2 fully saturated rings. The highest BCUT2D eigenvalue weighted by molar-refractivity contribution is 7.84. The van der Waals surface area contributed by atoms with E-state index in [2.05, 4.69) is 39.9 Å². The minimum absolute atomic E-state index is 0.0271. The summed E-state index contributed by atoms with van der Waals surface area (Å²) < 4.78 is 95.1. The smallest absolute Gasteiger partial charge is 0.336 e. The second-order valence-electron chi connectivity index (χ2n) is 20.3. The number of rotatable bonds is 19. The molecular weight excluding hydrogens is 1010 g/mol. The molecule has 21 nitrogen and oxygen atoms in total. The Kier molecular flexibility index (Phi) is 15.1. The van der Waals surface area contributed by atoms with Gasteiger partial charge in [-0.1, -0.05) is 89.2 Å². The number of nitrogens with zero attached hydrogens (tertiary/aromatic N) is 7. The Labute approximate surface area is 433 Å². The van der Waals surface area contributed by atoms with E-state index >= 15 is 4.39 Å². The normalized spacial score (nSPS) is 21.6. The first-order valence-electron chi connectivity index (χ1n) is 24.4. The molecule has 1 unspecified atom stereocenters. The Morgan fingerprint density at radius 1 is 0.880 bits per heavy atom. The minimum Gasteiger partial charge on any atom is -0.497 e. The first kappa shape index (κ1) is 53.3. The van der Waals surface area contributed by atoms with Crippen molar-refractivity contribution in [2.45, 2.75) is 108 Å². The zero-order valence-electron chi connectivity index (χ0n) is 43.0. The molecule has 7 aromatic rings. The van der Waals surface area contributed by atoms with E-state index in [-0.39, 0.29) is 35.2 Å². The molecule has 0 saturated carbocycles. The van der Waals surface area contributed by atoms with Crippen LogP contribution in [-0.4, -0.2) is 120 Å². The van der Waals surface area contributed by atoms with Gasteiger partial charge in [-0.15, -0.1) is 0 Å². The van der Waals surface area contributed by atoms with Crippen molar-refractivity contribution in [2.24, 2.45) is 5.92 Å². The van der Waals surface area contributed by atoms with Crippen LogP contribution in [0, 0.1) is 5.92 Å². The molecular formula is C51H61FN10O11SSi. The highest BCUT2D eigenvalue weighted by atomic mass is 32.2. The molecule has 9 rings (SSSR count).